The van der Waals surface area contributed by atoms with E-state index < -0.39 is 10.0 Å². The Bertz CT molecular complexity index is 722. The molecule has 1 heterocycles. The fourth-order valence-electron chi connectivity index (χ4n) is 1.33. The second-order valence-electron chi connectivity index (χ2n) is 3.65. The Morgan fingerprint density at radius 1 is 1.26 bits per heavy atom. The lowest BCUT2D eigenvalue weighted by Crippen LogP contribution is -2.14. The average Bonchev–Trinajstić information content (AvgIpc) is 2.32. The number of rotatable bonds is 3. The predicted octanol–water partition coefficient (Wildman–Crippen LogP) is 2.88. The summed E-state index contributed by atoms with van der Waals surface area (Å²) < 4.78 is 27.1. The number of anilines is 2. The highest BCUT2D eigenvalue weighted by Crippen LogP contribution is 2.24. The fourth-order valence-corrected chi connectivity index (χ4v) is 3.05. The monoisotopic (exact) mass is 361 g/mol. The standard InChI is InChI=1S/C11H9BrClN3O2S/c12-9-6-8(1-2-10(9)14)19(17,18)16-11-5-7(13)3-4-15-11/h1-6H,14H2,(H,15,16). The minimum atomic E-state index is -3.73. The summed E-state index contributed by atoms with van der Waals surface area (Å²) in [6.07, 6.45) is 1.42. The van der Waals surface area contributed by atoms with Gasteiger partial charge in [-0.2, -0.15) is 0 Å². The van der Waals surface area contributed by atoms with Gasteiger partial charge in [0.1, 0.15) is 5.82 Å². The number of nitrogens with two attached hydrogens (primary N) is 1. The van der Waals surface area contributed by atoms with E-state index in [1.165, 1.54) is 30.5 Å². The van der Waals surface area contributed by atoms with Crippen LogP contribution in [0.15, 0.2) is 45.9 Å². The third-order valence-corrected chi connectivity index (χ3v) is 4.52. The molecule has 0 radical (unpaired) electrons. The van der Waals surface area contributed by atoms with Gasteiger partial charge in [0.15, 0.2) is 0 Å². The van der Waals surface area contributed by atoms with Crippen LogP contribution in [0.3, 0.4) is 0 Å². The van der Waals surface area contributed by atoms with Crippen LogP contribution in [0.5, 0.6) is 0 Å². The predicted molar refractivity (Wildman–Crippen MR) is 78.6 cm³/mol. The normalized spacial score (nSPS) is 11.3. The van der Waals surface area contributed by atoms with Crippen LogP contribution in [0.2, 0.25) is 5.02 Å². The van der Waals surface area contributed by atoms with Crippen LogP contribution in [-0.2, 0) is 10.0 Å². The van der Waals surface area contributed by atoms with Gasteiger partial charge in [0.2, 0.25) is 0 Å². The zero-order valence-corrected chi connectivity index (χ0v) is 12.6. The highest BCUT2D eigenvalue weighted by atomic mass is 79.9. The van der Waals surface area contributed by atoms with Crippen molar-refractivity contribution < 1.29 is 8.42 Å². The molecule has 3 N–H and O–H groups in total. The lowest BCUT2D eigenvalue weighted by molar-refractivity contribution is 0.601. The van der Waals surface area contributed by atoms with Crippen LogP contribution < -0.4 is 10.5 Å². The highest BCUT2D eigenvalue weighted by Gasteiger charge is 2.16. The number of hydrogen-bond donors (Lipinski definition) is 2. The van der Waals surface area contributed by atoms with Crippen molar-refractivity contribution in [2.45, 2.75) is 4.90 Å². The Hall–Kier alpha value is -1.31. The van der Waals surface area contributed by atoms with Crippen molar-refractivity contribution in [3.8, 4) is 0 Å². The van der Waals surface area contributed by atoms with E-state index in [0.717, 1.165) is 0 Å². The molecule has 1 aromatic carbocycles. The average molecular weight is 363 g/mol. The third kappa shape index (κ3) is 3.37. The fraction of sp³-hybridized carbons (Fsp3) is 0. The quantitative estimate of drug-likeness (QED) is 0.822. The van der Waals surface area contributed by atoms with Crippen molar-refractivity contribution in [2.24, 2.45) is 0 Å². The Labute approximate surface area is 124 Å². The van der Waals surface area contributed by atoms with Crippen molar-refractivity contribution in [1.29, 1.82) is 0 Å². The molecule has 0 aliphatic rings. The molecule has 5 nitrogen and oxygen atoms in total. The Kier molecular flexibility index (Phi) is 3.98. The van der Waals surface area contributed by atoms with Crippen molar-refractivity contribution in [1.82, 2.24) is 4.98 Å². The van der Waals surface area contributed by atoms with Crippen LogP contribution in [0, 0.1) is 0 Å². The number of hydrogen-bond acceptors (Lipinski definition) is 4. The topological polar surface area (TPSA) is 85.1 Å². The van der Waals surface area contributed by atoms with Gasteiger partial charge in [-0.1, -0.05) is 11.6 Å². The molecule has 0 atom stereocenters. The van der Waals surface area contributed by atoms with Gasteiger partial charge in [-0.25, -0.2) is 13.4 Å². The van der Waals surface area contributed by atoms with Gasteiger partial charge in [0.05, 0.1) is 4.90 Å². The lowest BCUT2D eigenvalue weighted by Gasteiger charge is -2.08. The zero-order chi connectivity index (χ0) is 14.0. The van der Waals surface area contributed by atoms with Crippen LogP contribution in [0.1, 0.15) is 0 Å². The Morgan fingerprint density at radius 2 is 2.00 bits per heavy atom. The molecule has 0 saturated carbocycles. The molecule has 0 spiro atoms. The second kappa shape index (κ2) is 5.36. The van der Waals surface area contributed by atoms with E-state index >= 15 is 0 Å². The summed E-state index contributed by atoms with van der Waals surface area (Å²) in [5.41, 5.74) is 6.07. The summed E-state index contributed by atoms with van der Waals surface area (Å²) in [6.45, 7) is 0. The summed E-state index contributed by atoms with van der Waals surface area (Å²) in [6, 6.07) is 7.31. The number of nitrogens with zero attached hydrogens (tertiary/aromatic N) is 1. The van der Waals surface area contributed by atoms with Crippen LogP contribution >= 0.6 is 27.5 Å². The molecule has 8 heteroatoms. The molecule has 0 bridgehead atoms. The lowest BCUT2D eigenvalue weighted by atomic mass is 10.3. The number of halogens is 2. The Balaban J connectivity index is 2.35. The molecule has 100 valence electrons. The van der Waals surface area contributed by atoms with Gasteiger partial charge in [0.25, 0.3) is 10.0 Å². The maximum absolute atomic E-state index is 12.1. The van der Waals surface area contributed by atoms with E-state index in [-0.39, 0.29) is 10.7 Å². The summed E-state index contributed by atoms with van der Waals surface area (Å²) >= 11 is 8.95. The molecule has 19 heavy (non-hydrogen) atoms. The largest absolute Gasteiger partial charge is 0.398 e. The first kappa shape index (κ1) is 14.1. The molecule has 2 aromatic rings. The molecule has 1 aromatic heterocycles. The van der Waals surface area contributed by atoms with Crippen molar-refractivity contribution >= 4 is 49.1 Å². The number of benzene rings is 1. The van der Waals surface area contributed by atoms with Gasteiger partial charge < -0.3 is 5.73 Å². The van der Waals surface area contributed by atoms with Gasteiger partial charge in [-0.15, -0.1) is 0 Å². The number of nitrogens with one attached hydrogen (secondary N) is 1. The van der Waals surface area contributed by atoms with Gasteiger partial charge in [-0.05, 0) is 40.2 Å². The summed E-state index contributed by atoms with van der Waals surface area (Å²) in [5, 5.41) is 0.395. The molecule has 0 aliphatic carbocycles. The zero-order valence-electron chi connectivity index (χ0n) is 9.47. The Morgan fingerprint density at radius 3 is 2.63 bits per heavy atom. The molecular weight excluding hydrogens is 354 g/mol. The van der Waals surface area contributed by atoms with E-state index in [1.54, 1.807) is 6.07 Å². The first-order valence-corrected chi connectivity index (χ1v) is 7.73. The number of aromatic nitrogens is 1. The molecule has 0 unspecified atom stereocenters. The molecular formula is C11H9BrClN3O2S. The van der Waals surface area contributed by atoms with Gasteiger partial charge in [0, 0.05) is 27.4 Å². The second-order valence-corrected chi connectivity index (χ2v) is 6.62. The molecule has 0 amide bonds. The van der Waals surface area contributed by atoms with E-state index in [1.807, 2.05) is 0 Å². The van der Waals surface area contributed by atoms with E-state index in [0.29, 0.717) is 15.2 Å². The first-order chi connectivity index (χ1) is 8.88. The van der Waals surface area contributed by atoms with Crippen LogP contribution in [-0.4, -0.2) is 13.4 Å². The van der Waals surface area contributed by atoms with E-state index in [2.05, 4.69) is 25.6 Å². The van der Waals surface area contributed by atoms with Gasteiger partial charge >= 0.3 is 0 Å². The SMILES string of the molecule is Nc1ccc(S(=O)(=O)Nc2cc(Cl)ccn2)cc1Br. The van der Waals surface area contributed by atoms with Crippen LogP contribution in [0.25, 0.3) is 0 Å². The maximum Gasteiger partial charge on any atom is 0.263 e. The van der Waals surface area contributed by atoms with Crippen molar-refractivity contribution in [3.63, 3.8) is 0 Å². The van der Waals surface area contributed by atoms with E-state index in [4.69, 9.17) is 17.3 Å². The minimum absolute atomic E-state index is 0.0790. The first-order valence-electron chi connectivity index (χ1n) is 5.08. The summed E-state index contributed by atoms with van der Waals surface area (Å²) in [7, 11) is -3.73. The summed E-state index contributed by atoms with van der Waals surface area (Å²) in [4.78, 5) is 3.96. The molecule has 0 fully saturated rings. The maximum atomic E-state index is 12.1. The van der Waals surface area contributed by atoms with Crippen LogP contribution in [0.4, 0.5) is 11.5 Å². The highest BCUT2D eigenvalue weighted by molar-refractivity contribution is 9.10. The molecule has 2 rings (SSSR count). The van der Waals surface area contributed by atoms with Crippen molar-refractivity contribution in [3.05, 3.63) is 46.0 Å². The smallest absolute Gasteiger partial charge is 0.263 e. The van der Waals surface area contributed by atoms with Crippen molar-refractivity contribution in [2.75, 3.05) is 10.5 Å². The molecule has 0 aliphatic heterocycles. The number of pyridine rings is 1. The molecule has 0 saturated heterocycles. The number of nitrogen functional groups attached to an aromatic ring is 1. The number of sulfonamides is 1. The summed E-state index contributed by atoms with van der Waals surface area (Å²) in [5.74, 6) is 0.153. The third-order valence-electron chi connectivity index (χ3n) is 2.24. The van der Waals surface area contributed by atoms with Gasteiger partial charge in [-0.3, -0.25) is 4.72 Å². The van der Waals surface area contributed by atoms with E-state index in [9.17, 15) is 8.42 Å². The minimum Gasteiger partial charge on any atom is -0.398 e.